The molecule has 0 aliphatic heterocycles. The summed E-state index contributed by atoms with van der Waals surface area (Å²) >= 11 is 0. The molecule has 0 radical (unpaired) electrons. The number of hydrogen-bond acceptors (Lipinski definition) is 3. The third kappa shape index (κ3) is 3.27. The molecule has 0 bridgehead atoms. The molecule has 0 aromatic rings. The predicted molar refractivity (Wildman–Crippen MR) is 55.4 cm³/mol. The number of methoxy groups -OCH3 is 1. The van der Waals surface area contributed by atoms with Gasteiger partial charge in [0.05, 0.1) is 6.10 Å². The normalized spacial score (nSPS) is 14.4. The zero-order valence-electron chi connectivity index (χ0n) is 9.70. The molecule has 84 valence electrons. The van der Waals surface area contributed by atoms with E-state index in [-0.39, 0.29) is 6.10 Å². The summed E-state index contributed by atoms with van der Waals surface area (Å²) in [7, 11) is 1.63. The monoisotopic (exact) mass is 203 g/mol. The smallest absolute Gasteiger partial charge is 0.323 e. The van der Waals surface area contributed by atoms with Gasteiger partial charge in [0.25, 0.3) is 0 Å². The summed E-state index contributed by atoms with van der Waals surface area (Å²) in [6, 6.07) is 0. The Bertz CT molecular complexity index is 192. The number of carboxylic acids is 1. The van der Waals surface area contributed by atoms with E-state index in [2.05, 4.69) is 0 Å². The maximum absolute atomic E-state index is 11.0. The second kappa shape index (κ2) is 5.32. The summed E-state index contributed by atoms with van der Waals surface area (Å²) in [6.07, 6.45) is 0.0496. The summed E-state index contributed by atoms with van der Waals surface area (Å²) in [4.78, 5) is 12.9. The fourth-order valence-electron chi connectivity index (χ4n) is 1.27. The highest BCUT2D eigenvalue weighted by Gasteiger charge is 2.34. The van der Waals surface area contributed by atoms with Crippen molar-refractivity contribution < 1.29 is 14.6 Å². The third-order valence-electron chi connectivity index (χ3n) is 2.58. The first-order valence-electron chi connectivity index (χ1n) is 4.87. The SMILES string of the molecule is CCN(CC(C)OC)C(C)(C)C(=O)O. The molecule has 0 spiro atoms. The number of carbonyl (C=O) groups is 1. The quantitative estimate of drug-likeness (QED) is 0.705. The molecule has 1 atom stereocenters. The van der Waals surface area contributed by atoms with Crippen LogP contribution >= 0.6 is 0 Å². The summed E-state index contributed by atoms with van der Waals surface area (Å²) < 4.78 is 5.12. The van der Waals surface area contributed by atoms with Crippen LogP contribution in [0.1, 0.15) is 27.7 Å². The van der Waals surface area contributed by atoms with Crippen molar-refractivity contribution in [3.8, 4) is 0 Å². The van der Waals surface area contributed by atoms with E-state index in [1.807, 2.05) is 18.7 Å². The highest BCUT2D eigenvalue weighted by molar-refractivity contribution is 5.77. The van der Waals surface area contributed by atoms with Crippen LogP contribution in [0.4, 0.5) is 0 Å². The number of ether oxygens (including phenoxy) is 1. The molecule has 14 heavy (non-hydrogen) atoms. The minimum absolute atomic E-state index is 0.0496. The van der Waals surface area contributed by atoms with Gasteiger partial charge in [0.2, 0.25) is 0 Å². The Morgan fingerprint density at radius 1 is 1.57 bits per heavy atom. The lowest BCUT2D eigenvalue weighted by Crippen LogP contribution is -2.52. The number of carboxylic acid groups (broad SMARTS) is 1. The van der Waals surface area contributed by atoms with Gasteiger partial charge in [-0.2, -0.15) is 0 Å². The molecule has 0 rings (SSSR count). The largest absolute Gasteiger partial charge is 0.480 e. The first-order valence-corrected chi connectivity index (χ1v) is 4.87. The van der Waals surface area contributed by atoms with Gasteiger partial charge in [0, 0.05) is 13.7 Å². The first-order chi connectivity index (χ1) is 6.36. The van der Waals surface area contributed by atoms with E-state index in [1.165, 1.54) is 0 Å². The molecule has 0 aliphatic carbocycles. The zero-order chi connectivity index (χ0) is 11.4. The second-order valence-corrected chi connectivity index (χ2v) is 3.95. The number of likely N-dealkylation sites (N-methyl/N-ethyl adjacent to an activating group) is 1. The van der Waals surface area contributed by atoms with Crippen LogP contribution in [0.5, 0.6) is 0 Å². The average Bonchev–Trinajstić information content (AvgIpc) is 2.12. The Balaban J connectivity index is 4.47. The Labute approximate surface area is 85.9 Å². The van der Waals surface area contributed by atoms with Gasteiger partial charge in [-0.15, -0.1) is 0 Å². The van der Waals surface area contributed by atoms with Crippen molar-refractivity contribution in [2.75, 3.05) is 20.2 Å². The Hall–Kier alpha value is -0.610. The van der Waals surface area contributed by atoms with Crippen LogP contribution < -0.4 is 0 Å². The van der Waals surface area contributed by atoms with Crippen LogP contribution in [-0.2, 0) is 9.53 Å². The Kier molecular flexibility index (Phi) is 5.08. The first kappa shape index (κ1) is 13.4. The van der Waals surface area contributed by atoms with Crippen LogP contribution in [0.3, 0.4) is 0 Å². The Morgan fingerprint density at radius 3 is 2.36 bits per heavy atom. The third-order valence-corrected chi connectivity index (χ3v) is 2.58. The molecular weight excluding hydrogens is 182 g/mol. The summed E-state index contributed by atoms with van der Waals surface area (Å²) in [6.45, 7) is 8.63. The molecule has 0 saturated heterocycles. The summed E-state index contributed by atoms with van der Waals surface area (Å²) in [5, 5.41) is 9.05. The van der Waals surface area contributed by atoms with Crippen molar-refractivity contribution in [1.29, 1.82) is 0 Å². The van der Waals surface area contributed by atoms with E-state index in [4.69, 9.17) is 9.84 Å². The van der Waals surface area contributed by atoms with Crippen LogP contribution in [0.25, 0.3) is 0 Å². The average molecular weight is 203 g/mol. The van der Waals surface area contributed by atoms with E-state index in [9.17, 15) is 4.79 Å². The van der Waals surface area contributed by atoms with Gasteiger partial charge in [-0.25, -0.2) is 0 Å². The number of hydrogen-bond donors (Lipinski definition) is 1. The fraction of sp³-hybridized carbons (Fsp3) is 0.900. The highest BCUT2D eigenvalue weighted by Crippen LogP contribution is 2.15. The van der Waals surface area contributed by atoms with Crippen molar-refractivity contribution in [2.24, 2.45) is 0 Å². The molecule has 0 saturated carbocycles. The van der Waals surface area contributed by atoms with Crippen LogP contribution in [0, 0.1) is 0 Å². The highest BCUT2D eigenvalue weighted by atomic mass is 16.5. The number of aliphatic carboxylic acids is 1. The fourth-order valence-corrected chi connectivity index (χ4v) is 1.27. The lowest BCUT2D eigenvalue weighted by molar-refractivity contribution is -0.150. The molecule has 0 aliphatic rings. The van der Waals surface area contributed by atoms with Crippen molar-refractivity contribution in [1.82, 2.24) is 4.90 Å². The molecule has 0 aromatic carbocycles. The molecule has 4 nitrogen and oxygen atoms in total. The lowest BCUT2D eigenvalue weighted by atomic mass is 10.0. The van der Waals surface area contributed by atoms with E-state index in [1.54, 1.807) is 21.0 Å². The van der Waals surface area contributed by atoms with Gasteiger partial charge in [-0.1, -0.05) is 6.92 Å². The standard InChI is InChI=1S/C10H21NO3/c1-6-11(7-8(2)14-5)10(3,4)9(12)13/h8H,6-7H2,1-5H3,(H,12,13). The van der Waals surface area contributed by atoms with Crippen molar-refractivity contribution in [3.05, 3.63) is 0 Å². The molecule has 0 heterocycles. The lowest BCUT2D eigenvalue weighted by Gasteiger charge is -2.35. The van der Waals surface area contributed by atoms with Gasteiger partial charge >= 0.3 is 5.97 Å². The van der Waals surface area contributed by atoms with Crippen molar-refractivity contribution >= 4 is 5.97 Å². The molecule has 1 unspecified atom stereocenters. The molecule has 4 heteroatoms. The van der Waals surface area contributed by atoms with Gasteiger partial charge in [0.1, 0.15) is 5.54 Å². The minimum atomic E-state index is -0.832. The Morgan fingerprint density at radius 2 is 2.07 bits per heavy atom. The van der Waals surface area contributed by atoms with E-state index in [0.717, 1.165) is 0 Å². The minimum Gasteiger partial charge on any atom is -0.480 e. The number of nitrogens with zero attached hydrogens (tertiary/aromatic N) is 1. The molecule has 0 aromatic heterocycles. The molecular formula is C10H21NO3. The summed E-state index contributed by atoms with van der Waals surface area (Å²) in [5.41, 5.74) is -0.832. The second-order valence-electron chi connectivity index (χ2n) is 3.95. The molecule has 0 fully saturated rings. The maximum atomic E-state index is 11.0. The van der Waals surface area contributed by atoms with Crippen LogP contribution in [0.2, 0.25) is 0 Å². The van der Waals surface area contributed by atoms with Gasteiger partial charge in [-0.3, -0.25) is 9.69 Å². The predicted octanol–water partition coefficient (Wildman–Crippen LogP) is 1.21. The molecule has 0 amide bonds. The van der Waals surface area contributed by atoms with E-state index in [0.29, 0.717) is 13.1 Å². The molecule has 1 N–H and O–H groups in total. The van der Waals surface area contributed by atoms with Crippen LogP contribution in [0.15, 0.2) is 0 Å². The van der Waals surface area contributed by atoms with E-state index >= 15 is 0 Å². The maximum Gasteiger partial charge on any atom is 0.323 e. The van der Waals surface area contributed by atoms with Gasteiger partial charge in [-0.05, 0) is 27.3 Å². The summed E-state index contributed by atoms with van der Waals surface area (Å²) in [5.74, 6) is -0.803. The topological polar surface area (TPSA) is 49.8 Å². The van der Waals surface area contributed by atoms with Gasteiger partial charge in [0.15, 0.2) is 0 Å². The number of rotatable bonds is 6. The van der Waals surface area contributed by atoms with Crippen molar-refractivity contribution in [3.63, 3.8) is 0 Å². The zero-order valence-corrected chi connectivity index (χ0v) is 9.70. The van der Waals surface area contributed by atoms with Gasteiger partial charge < -0.3 is 9.84 Å². The van der Waals surface area contributed by atoms with E-state index < -0.39 is 11.5 Å². The van der Waals surface area contributed by atoms with Crippen molar-refractivity contribution in [2.45, 2.75) is 39.3 Å². The van der Waals surface area contributed by atoms with Crippen LogP contribution in [-0.4, -0.2) is 47.8 Å².